The fraction of sp³-hybridized carbons (Fsp3) is 0.143. The van der Waals surface area contributed by atoms with Gasteiger partial charge in [-0.3, -0.25) is 10.1 Å². The van der Waals surface area contributed by atoms with Crippen LogP contribution in [0, 0.1) is 17.0 Å². The van der Waals surface area contributed by atoms with Gasteiger partial charge in [-0.25, -0.2) is 19.9 Å². The Bertz CT molecular complexity index is 1290. The van der Waals surface area contributed by atoms with Crippen LogP contribution in [0.2, 0.25) is 10.0 Å². The molecule has 3 heterocycles. The number of benzene rings is 1. The van der Waals surface area contributed by atoms with Crippen LogP contribution in [0.5, 0.6) is 0 Å². The van der Waals surface area contributed by atoms with Gasteiger partial charge < -0.3 is 15.2 Å². The van der Waals surface area contributed by atoms with Crippen molar-refractivity contribution in [2.45, 2.75) is 6.92 Å². The van der Waals surface area contributed by atoms with Crippen LogP contribution in [0.1, 0.15) is 5.69 Å². The van der Waals surface area contributed by atoms with Crippen molar-refractivity contribution in [1.29, 1.82) is 0 Å². The van der Waals surface area contributed by atoms with Crippen LogP contribution in [0.3, 0.4) is 0 Å². The van der Waals surface area contributed by atoms with Gasteiger partial charge in [0, 0.05) is 35.9 Å². The molecule has 0 bridgehead atoms. The number of nitro groups is 1. The third-order valence-corrected chi connectivity index (χ3v) is 5.17. The van der Waals surface area contributed by atoms with Gasteiger partial charge in [-0.2, -0.15) is 0 Å². The predicted molar refractivity (Wildman–Crippen MR) is 127 cm³/mol. The highest BCUT2D eigenvalue weighted by atomic mass is 35.5. The zero-order valence-electron chi connectivity index (χ0n) is 17.4. The van der Waals surface area contributed by atoms with E-state index in [-0.39, 0.29) is 5.69 Å². The van der Waals surface area contributed by atoms with Gasteiger partial charge in [0.05, 0.1) is 33.9 Å². The number of nitrogens with zero attached hydrogens (tertiary/aromatic N) is 6. The summed E-state index contributed by atoms with van der Waals surface area (Å²) >= 11 is 12.5. The quantitative estimate of drug-likeness (QED) is 0.208. The van der Waals surface area contributed by atoms with Gasteiger partial charge in [0.15, 0.2) is 0 Å². The number of hydrogen-bond donors (Lipinski definition) is 2. The smallest absolute Gasteiger partial charge is 0.287 e. The van der Waals surface area contributed by atoms with Gasteiger partial charge in [0.25, 0.3) is 5.69 Å². The van der Waals surface area contributed by atoms with Crippen molar-refractivity contribution in [2.75, 3.05) is 23.7 Å². The fourth-order valence-corrected chi connectivity index (χ4v) is 3.54. The molecular formula is C21H18Cl2N8O2. The Labute approximate surface area is 198 Å². The van der Waals surface area contributed by atoms with Crippen LogP contribution in [0.25, 0.3) is 16.9 Å². The summed E-state index contributed by atoms with van der Waals surface area (Å²) in [7, 11) is 0. The highest BCUT2D eigenvalue weighted by Gasteiger charge is 2.15. The molecule has 2 N–H and O–H groups in total. The SMILES string of the molecule is Cc1cn(-c2cnc(NCCNc3ccc([N+](=O)[O-])cn3)nc2-c2ccc(Cl)cc2Cl)cn1. The summed E-state index contributed by atoms with van der Waals surface area (Å²) in [5.74, 6) is 0.942. The van der Waals surface area contributed by atoms with E-state index < -0.39 is 4.92 Å². The van der Waals surface area contributed by atoms with E-state index >= 15 is 0 Å². The van der Waals surface area contributed by atoms with Crippen LogP contribution in [0.15, 0.2) is 55.2 Å². The van der Waals surface area contributed by atoms with Gasteiger partial charge in [-0.1, -0.05) is 23.2 Å². The lowest BCUT2D eigenvalue weighted by atomic mass is 10.1. The third kappa shape index (κ3) is 5.36. The Balaban J connectivity index is 1.51. The van der Waals surface area contributed by atoms with Gasteiger partial charge in [-0.05, 0) is 31.2 Å². The van der Waals surface area contributed by atoms with Crippen LogP contribution >= 0.6 is 23.2 Å². The summed E-state index contributed by atoms with van der Waals surface area (Å²) in [4.78, 5) is 27.6. The lowest BCUT2D eigenvalue weighted by Gasteiger charge is -2.13. The number of rotatable bonds is 8. The summed E-state index contributed by atoms with van der Waals surface area (Å²) < 4.78 is 1.83. The fourth-order valence-electron chi connectivity index (χ4n) is 3.05. The molecule has 168 valence electrons. The number of anilines is 2. The average Bonchev–Trinajstić information content (AvgIpc) is 3.23. The maximum Gasteiger partial charge on any atom is 0.287 e. The molecule has 12 heteroatoms. The first-order chi connectivity index (χ1) is 15.9. The van der Waals surface area contributed by atoms with E-state index in [4.69, 9.17) is 23.2 Å². The lowest BCUT2D eigenvalue weighted by Crippen LogP contribution is -2.16. The molecule has 0 fully saturated rings. The Morgan fingerprint density at radius 1 is 1.06 bits per heavy atom. The number of pyridine rings is 1. The molecule has 0 saturated heterocycles. The molecule has 10 nitrogen and oxygen atoms in total. The van der Waals surface area contributed by atoms with Crippen molar-refractivity contribution in [3.05, 3.63) is 81.1 Å². The van der Waals surface area contributed by atoms with Crippen molar-refractivity contribution >= 4 is 40.7 Å². The minimum absolute atomic E-state index is 0.0614. The minimum Gasteiger partial charge on any atom is -0.368 e. The molecule has 3 aromatic heterocycles. The minimum atomic E-state index is -0.491. The largest absolute Gasteiger partial charge is 0.368 e. The summed E-state index contributed by atoms with van der Waals surface area (Å²) in [6, 6.07) is 8.17. The molecule has 0 unspecified atom stereocenters. The molecule has 0 radical (unpaired) electrons. The summed E-state index contributed by atoms with van der Waals surface area (Å²) in [6.07, 6.45) is 6.47. The van der Waals surface area contributed by atoms with E-state index in [0.29, 0.717) is 46.2 Å². The molecule has 0 spiro atoms. The van der Waals surface area contributed by atoms with Crippen LogP contribution < -0.4 is 10.6 Å². The number of halogens is 2. The maximum absolute atomic E-state index is 10.7. The molecule has 4 aromatic rings. The lowest BCUT2D eigenvalue weighted by molar-refractivity contribution is -0.385. The van der Waals surface area contributed by atoms with E-state index in [9.17, 15) is 10.1 Å². The van der Waals surface area contributed by atoms with Crippen molar-refractivity contribution in [2.24, 2.45) is 0 Å². The second-order valence-corrected chi connectivity index (χ2v) is 7.83. The Morgan fingerprint density at radius 2 is 1.88 bits per heavy atom. The highest BCUT2D eigenvalue weighted by Crippen LogP contribution is 2.33. The first-order valence-corrected chi connectivity index (χ1v) is 10.6. The second-order valence-electron chi connectivity index (χ2n) is 6.99. The topological polar surface area (TPSA) is 124 Å². The zero-order valence-corrected chi connectivity index (χ0v) is 18.9. The Morgan fingerprint density at radius 3 is 2.55 bits per heavy atom. The van der Waals surface area contributed by atoms with Gasteiger partial charge in [0.1, 0.15) is 17.7 Å². The van der Waals surface area contributed by atoms with Crippen LogP contribution in [-0.4, -0.2) is 42.5 Å². The van der Waals surface area contributed by atoms with E-state index in [1.54, 1.807) is 30.7 Å². The molecule has 0 aliphatic rings. The number of hydrogen-bond acceptors (Lipinski definition) is 8. The van der Waals surface area contributed by atoms with Gasteiger partial charge >= 0.3 is 0 Å². The molecule has 0 amide bonds. The van der Waals surface area contributed by atoms with E-state index in [1.807, 2.05) is 23.8 Å². The Hall–Kier alpha value is -3.76. The second kappa shape index (κ2) is 9.80. The number of nitrogens with one attached hydrogen (secondary N) is 2. The molecule has 0 atom stereocenters. The van der Waals surface area contributed by atoms with Crippen LogP contribution in [-0.2, 0) is 0 Å². The summed E-state index contributed by atoms with van der Waals surface area (Å²) in [5, 5.41) is 18.0. The molecule has 1 aromatic carbocycles. The number of imidazole rings is 1. The first kappa shape index (κ1) is 22.4. The summed E-state index contributed by atoms with van der Waals surface area (Å²) in [6.45, 7) is 2.87. The zero-order chi connectivity index (χ0) is 23.4. The van der Waals surface area contributed by atoms with E-state index in [2.05, 4.69) is 30.6 Å². The molecule has 0 saturated carbocycles. The van der Waals surface area contributed by atoms with Gasteiger partial charge in [0.2, 0.25) is 5.95 Å². The number of aromatic nitrogens is 5. The van der Waals surface area contributed by atoms with Crippen molar-refractivity contribution < 1.29 is 4.92 Å². The van der Waals surface area contributed by atoms with E-state index in [0.717, 1.165) is 11.4 Å². The van der Waals surface area contributed by atoms with E-state index in [1.165, 1.54) is 12.3 Å². The monoisotopic (exact) mass is 484 g/mol. The molecule has 33 heavy (non-hydrogen) atoms. The normalized spacial score (nSPS) is 10.8. The third-order valence-electron chi connectivity index (χ3n) is 4.62. The maximum atomic E-state index is 10.7. The Kier molecular flexibility index (Phi) is 6.66. The number of aryl methyl sites for hydroxylation is 1. The standard InChI is InChI=1S/C21H18Cl2N8O2/c1-13-11-30(12-28-13)18-10-27-21(29-20(18)16-4-2-14(22)8-17(16)23)25-7-6-24-19-5-3-15(9-26-19)31(32)33/h2-5,8-12H,6-7H2,1H3,(H,24,26)(H,25,27,29). The van der Waals surface area contributed by atoms with Crippen LogP contribution in [0.4, 0.5) is 17.5 Å². The van der Waals surface area contributed by atoms with Gasteiger partial charge in [-0.15, -0.1) is 0 Å². The molecule has 0 aliphatic heterocycles. The first-order valence-electron chi connectivity index (χ1n) is 9.82. The summed E-state index contributed by atoms with van der Waals surface area (Å²) in [5.41, 5.74) is 2.85. The molecule has 4 rings (SSSR count). The predicted octanol–water partition coefficient (Wildman–Crippen LogP) is 4.77. The van der Waals surface area contributed by atoms with Crippen molar-refractivity contribution in [3.8, 4) is 16.9 Å². The average molecular weight is 485 g/mol. The molecule has 0 aliphatic carbocycles. The van der Waals surface area contributed by atoms with Crippen molar-refractivity contribution in [3.63, 3.8) is 0 Å². The highest BCUT2D eigenvalue weighted by molar-refractivity contribution is 6.36. The van der Waals surface area contributed by atoms with Crippen molar-refractivity contribution in [1.82, 2.24) is 24.5 Å². The molecular weight excluding hydrogens is 467 g/mol.